The summed E-state index contributed by atoms with van der Waals surface area (Å²) in [5.41, 5.74) is 13.4. The van der Waals surface area contributed by atoms with E-state index in [-0.39, 0.29) is 9.00 Å². The fourth-order valence-electron chi connectivity index (χ4n) is 3.36. The van der Waals surface area contributed by atoms with Gasteiger partial charge in [0, 0.05) is 30.4 Å². The summed E-state index contributed by atoms with van der Waals surface area (Å²) in [6.07, 6.45) is 2.02. The fourth-order valence-corrected chi connectivity index (χ4v) is 3.36. The molecule has 44 heavy (non-hydrogen) atoms. The Kier molecular flexibility index (Phi) is 17.4. The van der Waals surface area contributed by atoms with Gasteiger partial charge in [-0.15, -0.1) is 47.3 Å². The summed E-state index contributed by atoms with van der Waals surface area (Å²) in [5.74, 6) is 2.02. The molecule has 4 aromatic carbocycles. The minimum Gasteiger partial charge on any atom is -0.493 e. The molecule has 0 atom stereocenters. The van der Waals surface area contributed by atoms with Gasteiger partial charge in [-0.2, -0.15) is 0 Å². The highest BCUT2D eigenvalue weighted by Crippen LogP contribution is 2.35. The van der Waals surface area contributed by atoms with Crippen LogP contribution in [0.3, 0.4) is 0 Å². The van der Waals surface area contributed by atoms with E-state index in [0.717, 1.165) is 0 Å². The number of benzene rings is 4. The molecule has 236 valence electrons. The van der Waals surface area contributed by atoms with Gasteiger partial charge in [0.1, 0.15) is 23.1 Å². The van der Waals surface area contributed by atoms with E-state index in [4.69, 9.17) is 31.8 Å². The van der Waals surface area contributed by atoms with Crippen molar-refractivity contribution >= 4 is 67.9 Å². The lowest BCUT2D eigenvalue weighted by Gasteiger charge is -2.12. The Bertz CT molecular complexity index is 1470. The van der Waals surface area contributed by atoms with Crippen molar-refractivity contribution in [2.75, 3.05) is 25.7 Å². The van der Waals surface area contributed by atoms with Gasteiger partial charge in [-0.1, -0.05) is 33.4 Å². The number of hydrogen-bond acceptors (Lipinski definition) is 6. The number of anilines is 2. The van der Waals surface area contributed by atoms with Gasteiger partial charge in [0.25, 0.3) is 0 Å². The van der Waals surface area contributed by atoms with E-state index >= 15 is 0 Å². The van der Waals surface area contributed by atoms with Crippen LogP contribution in [0.25, 0.3) is 6.08 Å². The monoisotopic (exact) mass is 799 g/mol. The highest BCUT2D eigenvalue weighted by molar-refractivity contribution is 9.69. The first kappa shape index (κ1) is 37.0. The van der Waals surface area contributed by atoms with Crippen LogP contribution in [0.15, 0.2) is 79.4 Å². The SMILES string of the molecule is BrB(Br)Br.C=Cc1cc(OC)c(Oc2ccc(N)cc2)cc1F.CCc1cc(OC)c(Oc2ccc(N)cc2)cc1F.[2H]CC. The molecule has 0 aromatic heterocycles. The summed E-state index contributed by atoms with van der Waals surface area (Å²) in [7, 11) is 3.03. The molecule has 4 N–H and O–H groups in total. The Balaban J connectivity index is 0.000000373. The van der Waals surface area contributed by atoms with Crippen molar-refractivity contribution in [3.63, 3.8) is 0 Å². The number of methoxy groups -OCH3 is 2. The third-order valence-corrected chi connectivity index (χ3v) is 5.43. The average Bonchev–Trinajstić information content (AvgIpc) is 3.00. The van der Waals surface area contributed by atoms with E-state index in [1.807, 2.05) is 6.92 Å². The van der Waals surface area contributed by atoms with Gasteiger partial charge in [-0.25, -0.2) is 8.78 Å². The Hall–Kier alpha value is -3.22. The third-order valence-electron chi connectivity index (χ3n) is 5.43. The maximum atomic E-state index is 13.8. The second kappa shape index (κ2) is 20.7. The molecular weight excluding hydrogens is 765 g/mol. The smallest absolute Gasteiger partial charge is 0.369 e. The van der Waals surface area contributed by atoms with Gasteiger partial charge in [0.05, 0.1) is 14.2 Å². The van der Waals surface area contributed by atoms with Crippen LogP contribution < -0.4 is 30.4 Å². The second-order valence-corrected chi connectivity index (χ2v) is 14.7. The zero-order valence-corrected chi connectivity index (χ0v) is 29.6. The van der Waals surface area contributed by atoms with Crippen LogP contribution in [0.2, 0.25) is 0 Å². The van der Waals surface area contributed by atoms with Gasteiger partial charge in [0.15, 0.2) is 23.0 Å². The molecule has 0 heterocycles. The normalized spacial score (nSPS) is 9.80. The predicted molar refractivity (Wildman–Crippen MR) is 191 cm³/mol. The topological polar surface area (TPSA) is 89.0 Å². The molecule has 4 rings (SSSR count). The highest BCUT2D eigenvalue weighted by atomic mass is 79.9. The number of aryl methyl sites for hydroxylation is 1. The van der Waals surface area contributed by atoms with E-state index in [2.05, 4.69) is 53.8 Å². The van der Waals surface area contributed by atoms with E-state index in [0.29, 0.717) is 70.3 Å². The first-order chi connectivity index (χ1) is 21.4. The van der Waals surface area contributed by atoms with Crippen LogP contribution in [-0.2, 0) is 6.42 Å². The molecule has 0 aliphatic heterocycles. The minimum atomic E-state index is -0.416. The summed E-state index contributed by atoms with van der Waals surface area (Å²) >= 11 is 9.31. The van der Waals surface area contributed by atoms with Gasteiger partial charge < -0.3 is 30.4 Å². The molecule has 0 spiro atoms. The minimum absolute atomic E-state index is 0.271. The quantitative estimate of drug-likeness (QED) is 0.136. The van der Waals surface area contributed by atoms with Crippen LogP contribution in [0.1, 0.15) is 33.2 Å². The first-order valence-corrected chi connectivity index (χ1v) is 15.8. The van der Waals surface area contributed by atoms with E-state index in [9.17, 15) is 8.78 Å². The lowest BCUT2D eigenvalue weighted by atomic mass is 10.1. The second-order valence-electron chi connectivity index (χ2n) is 8.27. The van der Waals surface area contributed by atoms with Crippen LogP contribution in [-0.4, -0.2) is 17.4 Å². The molecule has 6 nitrogen and oxygen atoms in total. The maximum Gasteiger partial charge on any atom is 0.369 e. The van der Waals surface area contributed by atoms with Crippen molar-refractivity contribution in [2.24, 2.45) is 0 Å². The lowest BCUT2D eigenvalue weighted by molar-refractivity contribution is 0.375. The third kappa shape index (κ3) is 13.2. The number of rotatable bonds is 8. The molecule has 12 heteroatoms. The van der Waals surface area contributed by atoms with Crippen molar-refractivity contribution in [1.82, 2.24) is 0 Å². The lowest BCUT2D eigenvalue weighted by Crippen LogP contribution is -1.95. The van der Waals surface area contributed by atoms with Crippen LogP contribution in [0.4, 0.5) is 20.2 Å². The van der Waals surface area contributed by atoms with Crippen LogP contribution >= 0.6 is 47.3 Å². The number of halogens is 5. The zero-order chi connectivity index (χ0) is 33.9. The highest BCUT2D eigenvalue weighted by Gasteiger charge is 2.12. The Morgan fingerprint density at radius 3 is 1.52 bits per heavy atom. The molecule has 0 radical (unpaired) electrons. The molecule has 0 bridgehead atoms. The molecule has 0 saturated carbocycles. The summed E-state index contributed by atoms with van der Waals surface area (Å²) in [6, 6.07) is 19.5. The Labute approximate surface area is 285 Å². The Morgan fingerprint density at radius 1 is 0.773 bits per heavy atom. The van der Waals surface area contributed by atoms with Crippen molar-refractivity contribution in [3.05, 3.63) is 102 Å². The van der Waals surface area contributed by atoms with Crippen molar-refractivity contribution < 1.29 is 29.1 Å². The first-order valence-electron chi connectivity index (χ1n) is 13.8. The molecule has 0 amide bonds. The average molecular weight is 802 g/mol. The van der Waals surface area contributed by atoms with Crippen LogP contribution in [0, 0.1) is 11.6 Å². The molecule has 0 aliphatic rings. The molecular formula is C32H36BBr3F2N2O4. The summed E-state index contributed by atoms with van der Waals surface area (Å²) < 4.78 is 55.6. The van der Waals surface area contributed by atoms with Crippen LogP contribution in [0.5, 0.6) is 34.5 Å². The molecule has 4 aromatic rings. The summed E-state index contributed by atoms with van der Waals surface area (Å²) in [4.78, 5) is 0. The van der Waals surface area contributed by atoms with Crippen molar-refractivity contribution in [1.29, 1.82) is 0 Å². The maximum absolute atomic E-state index is 13.8. The summed E-state index contributed by atoms with van der Waals surface area (Å²) in [5, 5.41) is 0. The number of ether oxygens (including phenoxy) is 4. The van der Waals surface area contributed by atoms with Gasteiger partial charge in [-0.3, -0.25) is 0 Å². The van der Waals surface area contributed by atoms with Gasteiger partial charge in [-0.05, 0) is 72.6 Å². The number of nitrogen functional groups attached to an aromatic ring is 2. The van der Waals surface area contributed by atoms with Gasteiger partial charge in [0.2, 0.25) is 0 Å². The Morgan fingerprint density at radius 2 is 1.16 bits per heavy atom. The van der Waals surface area contributed by atoms with Crippen molar-refractivity contribution in [3.8, 4) is 34.5 Å². The van der Waals surface area contributed by atoms with Crippen molar-refractivity contribution in [2.45, 2.75) is 27.2 Å². The molecule has 0 saturated heterocycles. The zero-order valence-electron chi connectivity index (χ0n) is 25.9. The largest absolute Gasteiger partial charge is 0.493 e. The van der Waals surface area contributed by atoms with Gasteiger partial charge >= 0.3 is 3.18 Å². The molecule has 0 unspecified atom stereocenters. The number of nitrogens with two attached hydrogens (primary N) is 2. The predicted octanol–water partition coefficient (Wildman–Crippen LogP) is 10.8. The number of hydrogen-bond donors (Lipinski definition) is 2. The van der Waals surface area contributed by atoms with E-state index in [1.54, 1.807) is 61.5 Å². The van der Waals surface area contributed by atoms with E-state index < -0.39 is 5.82 Å². The molecule has 0 fully saturated rings. The van der Waals surface area contributed by atoms with E-state index in [1.165, 1.54) is 38.5 Å². The molecule has 0 aliphatic carbocycles. The standard InChI is InChI=1S/C15H16FNO2.C15H14FNO2.C2H6.BBr3/c2*1-3-10-8-14(18-2)15(9-13(10)16)19-12-6-4-11(17)5-7-12;1-2;2-1(3)4/h4-9H,3,17H2,1-2H3;3-9H,1,17H2,2H3;1-2H3;/i;;1D;. The fraction of sp³-hybridized carbons (Fsp3) is 0.188. The summed E-state index contributed by atoms with van der Waals surface area (Å²) in [6.45, 7) is 7.72.